The summed E-state index contributed by atoms with van der Waals surface area (Å²) < 4.78 is 10.5. The number of ether oxygens (including phenoxy) is 2. The number of carbonyl (C=O) groups is 3. The van der Waals surface area contributed by atoms with Crippen molar-refractivity contribution in [1.29, 1.82) is 0 Å². The molecule has 1 fully saturated rings. The van der Waals surface area contributed by atoms with E-state index in [9.17, 15) is 29.7 Å². The lowest BCUT2D eigenvalue weighted by atomic mass is 9.72. The molecule has 0 saturated carbocycles. The van der Waals surface area contributed by atoms with Gasteiger partial charge in [0.25, 0.3) is 0 Å². The van der Waals surface area contributed by atoms with Gasteiger partial charge in [0.05, 0.1) is 31.9 Å². The molecule has 0 unspecified atom stereocenters. The molecule has 2 bridgehead atoms. The van der Waals surface area contributed by atoms with Crippen molar-refractivity contribution >= 4 is 23.4 Å². The van der Waals surface area contributed by atoms with E-state index in [-0.39, 0.29) is 39.7 Å². The number of ketones is 3. The third-order valence-corrected chi connectivity index (χ3v) is 7.66. The second kappa shape index (κ2) is 7.43. The van der Waals surface area contributed by atoms with Crippen molar-refractivity contribution in [2.45, 2.75) is 45.1 Å². The molecule has 1 aromatic rings. The average molecular weight is 482 g/mol. The van der Waals surface area contributed by atoms with Crippen LogP contribution in [0.4, 0.5) is 0 Å². The van der Waals surface area contributed by atoms with E-state index in [2.05, 4.69) is 0 Å². The second-order valence-corrected chi connectivity index (χ2v) is 9.23. The number of aliphatic hydroxyl groups is 1. The fourth-order valence-electron chi connectivity index (χ4n) is 5.99. The van der Waals surface area contributed by atoms with Gasteiger partial charge in [-0.3, -0.25) is 19.3 Å². The summed E-state index contributed by atoms with van der Waals surface area (Å²) in [6, 6.07) is -2.70. The van der Waals surface area contributed by atoms with Crippen molar-refractivity contribution in [2.75, 3.05) is 21.3 Å². The lowest BCUT2D eigenvalue weighted by Gasteiger charge is -2.56. The Kier molecular flexibility index (Phi) is 4.91. The summed E-state index contributed by atoms with van der Waals surface area (Å²) in [6.07, 6.45) is 0.185. The first-order chi connectivity index (χ1) is 16.5. The summed E-state index contributed by atoms with van der Waals surface area (Å²) in [5, 5.41) is 33.3. The highest BCUT2D eigenvalue weighted by molar-refractivity contribution is 6.37. The van der Waals surface area contributed by atoms with Gasteiger partial charge in [0.2, 0.25) is 5.78 Å². The SMILES string of the molecule is COC1=C(C)C(=O)C2=C(C1=O)[C@@H]1C3=Cc4c(O)c(C)c(OC)c(O)c4[C@H](C)N3[C@@H](O)[C@@H](C2=O)N1C. The average Bonchev–Trinajstić information content (AvgIpc) is 2.80. The van der Waals surface area contributed by atoms with E-state index >= 15 is 0 Å². The third-order valence-electron chi connectivity index (χ3n) is 7.66. The number of hydrogen-bond donors (Lipinski definition) is 3. The van der Waals surface area contributed by atoms with E-state index < -0.39 is 41.7 Å². The molecular formula is C25H26N2O8. The lowest BCUT2D eigenvalue weighted by Crippen LogP contribution is -2.69. The zero-order valence-electron chi connectivity index (χ0n) is 20.2. The number of aliphatic hydroxyl groups excluding tert-OH is 1. The number of fused-ring (bicyclic) bond motifs is 6. The summed E-state index contributed by atoms with van der Waals surface area (Å²) in [7, 11) is 4.27. The molecule has 3 N–H and O–H groups in total. The maximum Gasteiger partial charge on any atom is 0.226 e. The van der Waals surface area contributed by atoms with E-state index in [0.29, 0.717) is 22.4 Å². The van der Waals surface area contributed by atoms with Crippen molar-refractivity contribution in [3.63, 3.8) is 0 Å². The molecule has 1 aliphatic carbocycles. The van der Waals surface area contributed by atoms with Crippen LogP contribution in [0.5, 0.6) is 17.2 Å². The van der Waals surface area contributed by atoms with Crippen molar-refractivity contribution < 1.29 is 39.2 Å². The molecular weight excluding hydrogens is 456 g/mol. The number of allylic oxidation sites excluding steroid dienone is 2. The number of phenols is 2. The van der Waals surface area contributed by atoms with E-state index in [1.54, 1.807) is 36.8 Å². The summed E-state index contributed by atoms with van der Waals surface area (Å²) in [6.45, 7) is 4.74. The molecule has 0 radical (unpaired) electrons. The number of likely N-dealkylation sites (N-methyl/N-ethyl adjacent to an activating group) is 1. The third kappa shape index (κ3) is 2.63. The molecule has 184 valence electrons. The van der Waals surface area contributed by atoms with Gasteiger partial charge < -0.3 is 29.7 Å². The van der Waals surface area contributed by atoms with Crippen LogP contribution < -0.4 is 4.74 Å². The minimum absolute atomic E-state index is 0.0195. The number of hydrogen-bond acceptors (Lipinski definition) is 10. The van der Waals surface area contributed by atoms with Crippen LogP contribution in [-0.4, -0.2) is 82.0 Å². The molecule has 5 rings (SSSR count). The van der Waals surface area contributed by atoms with Crippen LogP contribution in [0, 0.1) is 6.92 Å². The molecule has 3 aliphatic heterocycles. The monoisotopic (exact) mass is 482 g/mol. The molecule has 0 aromatic heterocycles. The van der Waals surface area contributed by atoms with E-state index in [4.69, 9.17) is 9.47 Å². The number of nitrogens with zero attached hydrogens (tertiary/aromatic N) is 2. The second-order valence-electron chi connectivity index (χ2n) is 9.23. The minimum atomic E-state index is -1.39. The number of benzene rings is 1. The molecule has 0 spiro atoms. The highest BCUT2D eigenvalue weighted by atomic mass is 16.5. The van der Waals surface area contributed by atoms with Gasteiger partial charge in [0.15, 0.2) is 35.1 Å². The number of piperazine rings is 1. The van der Waals surface area contributed by atoms with Crippen molar-refractivity contribution in [3.8, 4) is 17.2 Å². The summed E-state index contributed by atoms with van der Waals surface area (Å²) in [5.41, 5.74) is 1.15. The first kappa shape index (κ1) is 23.1. The predicted octanol–water partition coefficient (Wildman–Crippen LogP) is 1.08. The van der Waals surface area contributed by atoms with Crippen molar-refractivity contribution in [3.05, 3.63) is 44.9 Å². The quantitative estimate of drug-likeness (QED) is 0.319. The number of rotatable bonds is 2. The maximum atomic E-state index is 13.5. The van der Waals surface area contributed by atoms with E-state index in [1.807, 2.05) is 0 Å². The zero-order chi connectivity index (χ0) is 25.7. The van der Waals surface area contributed by atoms with Crippen molar-refractivity contribution in [2.24, 2.45) is 0 Å². The summed E-state index contributed by atoms with van der Waals surface area (Å²) in [4.78, 5) is 43.3. The van der Waals surface area contributed by atoms with Crippen LogP contribution in [-0.2, 0) is 19.1 Å². The Hall–Kier alpha value is -3.63. The van der Waals surface area contributed by atoms with Crippen LogP contribution >= 0.6 is 0 Å². The van der Waals surface area contributed by atoms with Crippen LogP contribution in [0.25, 0.3) is 6.08 Å². The molecule has 1 saturated heterocycles. The molecule has 35 heavy (non-hydrogen) atoms. The summed E-state index contributed by atoms with van der Waals surface area (Å²) >= 11 is 0. The van der Waals surface area contributed by atoms with Crippen LogP contribution in [0.3, 0.4) is 0 Å². The largest absolute Gasteiger partial charge is 0.507 e. The summed E-state index contributed by atoms with van der Waals surface area (Å²) in [5.74, 6) is -2.15. The molecule has 10 heteroatoms. The van der Waals surface area contributed by atoms with E-state index in [0.717, 1.165) is 0 Å². The number of aromatic hydroxyl groups is 2. The number of Topliss-reactive ketones (excluding diaryl/α,β-unsaturated/α-hetero) is 3. The van der Waals surface area contributed by atoms with Gasteiger partial charge >= 0.3 is 0 Å². The molecule has 4 atom stereocenters. The van der Waals surface area contributed by atoms with Gasteiger partial charge in [0, 0.05) is 33.5 Å². The maximum absolute atomic E-state index is 13.5. The van der Waals surface area contributed by atoms with Gasteiger partial charge in [-0.2, -0.15) is 0 Å². The Morgan fingerprint density at radius 2 is 1.66 bits per heavy atom. The molecule has 1 aromatic carbocycles. The fraction of sp³-hybridized carbons (Fsp3) is 0.400. The van der Waals surface area contributed by atoms with Crippen LogP contribution in [0.15, 0.2) is 28.2 Å². The fourth-order valence-corrected chi connectivity index (χ4v) is 5.99. The molecule has 0 amide bonds. The van der Waals surface area contributed by atoms with Gasteiger partial charge in [-0.05, 0) is 33.9 Å². The molecule has 4 aliphatic rings. The van der Waals surface area contributed by atoms with Gasteiger partial charge in [-0.15, -0.1) is 0 Å². The Morgan fingerprint density at radius 3 is 2.26 bits per heavy atom. The van der Waals surface area contributed by atoms with Gasteiger partial charge in [0.1, 0.15) is 11.8 Å². The smallest absolute Gasteiger partial charge is 0.226 e. The molecule has 3 heterocycles. The highest BCUT2D eigenvalue weighted by Crippen LogP contribution is 2.54. The number of carbonyl (C=O) groups excluding carboxylic acids is 3. The molecule has 10 nitrogen and oxygen atoms in total. The lowest BCUT2D eigenvalue weighted by molar-refractivity contribution is -0.145. The minimum Gasteiger partial charge on any atom is -0.507 e. The predicted molar refractivity (Wildman–Crippen MR) is 122 cm³/mol. The van der Waals surface area contributed by atoms with Crippen LogP contribution in [0.2, 0.25) is 0 Å². The Labute approximate surface area is 201 Å². The van der Waals surface area contributed by atoms with Gasteiger partial charge in [-0.25, -0.2) is 0 Å². The first-order valence-corrected chi connectivity index (χ1v) is 11.1. The van der Waals surface area contributed by atoms with Gasteiger partial charge in [-0.1, -0.05) is 0 Å². The zero-order valence-corrected chi connectivity index (χ0v) is 20.2. The number of phenolic OH excluding ortho intramolecular Hbond substituents is 2. The first-order valence-electron chi connectivity index (χ1n) is 11.1. The van der Waals surface area contributed by atoms with Crippen LogP contribution in [0.1, 0.15) is 36.6 Å². The Morgan fingerprint density at radius 1 is 1.00 bits per heavy atom. The highest BCUT2D eigenvalue weighted by Gasteiger charge is 2.58. The normalized spacial score (nSPS) is 28.0. The number of methoxy groups -OCH3 is 2. The Bertz CT molecular complexity index is 1340. The van der Waals surface area contributed by atoms with E-state index in [1.165, 1.54) is 21.1 Å². The van der Waals surface area contributed by atoms with Crippen molar-refractivity contribution in [1.82, 2.24) is 9.80 Å². The standard InChI is InChI=1S/C25H26N2O8/c1-8-18(28)11-7-12-16-14-15(19(29)9(2)24(35-6)22(14)32)20(30)17(26(16)4)25(33)27(12)10(3)13(11)21(31)23(8)34-5/h7,10,16-17,25,28,31,33H,1-6H3/t10-,16-,17+,25-/m0/s1. The Balaban J connectivity index is 1.82. The topological polar surface area (TPSA) is 137 Å².